The van der Waals surface area contributed by atoms with Crippen LogP contribution in [0.1, 0.15) is 52.4 Å². The van der Waals surface area contributed by atoms with Gasteiger partial charge in [0.15, 0.2) is 0 Å². The summed E-state index contributed by atoms with van der Waals surface area (Å²) in [5, 5.41) is 0. The molecule has 2 fully saturated rings. The summed E-state index contributed by atoms with van der Waals surface area (Å²) in [7, 11) is 0. The fourth-order valence-electron chi connectivity index (χ4n) is 3.03. The molecule has 0 amide bonds. The Morgan fingerprint density at radius 3 is 1.62 bits per heavy atom. The van der Waals surface area contributed by atoms with Gasteiger partial charge in [0.25, 0.3) is 0 Å². The van der Waals surface area contributed by atoms with Crippen molar-refractivity contribution in [2.24, 2.45) is 11.8 Å². The normalized spacial score (nSPS) is 26.6. The summed E-state index contributed by atoms with van der Waals surface area (Å²) < 4.78 is 21.8. The highest BCUT2D eigenvalue weighted by atomic mass is 16.7. The molecule has 0 bridgehead atoms. The van der Waals surface area contributed by atoms with Gasteiger partial charge in [-0.3, -0.25) is 0 Å². The molecule has 0 saturated carbocycles. The van der Waals surface area contributed by atoms with Crippen LogP contribution in [0.4, 0.5) is 0 Å². The van der Waals surface area contributed by atoms with Gasteiger partial charge < -0.3 is 18.9 Å². The molecule has 0 aromatic carbocycles. The van der Waals surface area contributed by atoms with Crippen LogP contribution in [0.3, 0.4) is 0 Å². The van der Waals surface area contributed by atoms with E-state index in [2.05, 4.69) is 13.8 Å². The van der Waals surface area contributed by atoms with Crippen molar-refractivity contribution < 1.29 is 18.9 Å². The van der Waals surface area contributed by atoms with E-state index in [-0.39, 0.29) is 0 Å². The van der Waals surface area contributed by atoms with E-state index in [1.165, 1.54) is 25.7 Å². The van der Waals surface area contributed by atoms with Gasteiger partial charge in [-0.1, -0.05) is 26.7 Å². The molecule has 2 saturated heterocycles. The first-order valence-electron chi connectivity index (χ1n) is 8.73. The summed E-state index contributed by atoms with van der Waals surface area (Å²) in [4.78, 5) is 0. The molecule has 0 aliphatic carbocycles. The summed E-state index contributed by atoms with van der Waals surface area (Å²) in [6.07, 6.45) is 8.13. The summed E-state index contributed by atoms with van der Waals surface area (Å²) in [5.41, 5.74) is 0. The van der Waals surface area contributed by atoms with E-state index in [1.54, 1.807) is 0 Å². The standard InChI is InChI=1S/C17H32O4/c1-3-14(16-11-20-16)7-5-9-18-13-19-10-6-8-15(4-2)17-12-21-17/h14-17H,3-13H2,1-2H3. The zero-order valence-electron chi connectivity index (χ0n) is 13.7. The molecule has 2 heterocycles. The molecule has 0 aromatic rings. The first-order valence-corrected chi connectivity index (χ1v) is 8.73. The molecule has 21 heavy (non-hydrogen) atoms. The average molecular weight is 300 g/mol. The molecule has 124 valence electrons. The van der Waals surface area contributed by atoms with Crippen molar-refractivity contribution in [2.75, 3.05) is 33.2 Å². The van der Waals surface area contributed by atoms with Crippen molar-refractivity contribution in [3.8, 4) is 0 Å². The van der Waals surface area contributed by atoms with E-state index < -0.39 is 0 Å². The zero-order valence-corrected chi connectivity index (χ0v) is 13.7. The Bertz CT molecular complexity index is 238. The van der Waals surface area contributed by atoms with Crippen molar-refractivity contribution in [2.45, 2.75) is 64.6 Å². The van der Waals surface area contributed by atoms with Crippen LogP contribution in [0, 0.1) is 11.8 Å². The van der Waals surface area contributed by atoms with Crippen molar-refractivity contribution >= 4 is 0 Å². The van der Waals surface area contributed by atoms with Gasteiger partial charge in [-0.25, -0.2) is 0 Å². The molecule has 2 aliphatic rings. The van der Waals surface area contributed by atoms with E-state index >= 15 is 0 Å². The van der Waals surface area contributed by atoms with E-state index in [9.17, 15) is 0 Å². The number of epoxide rings is 2. The van der Waals surface area contributed by atoms with Crippen LogP contribution in [0.2, 0.25) is 0 Å². The molecule has 0 N–H and O–H groups in total. The third-order valence-corrected chi connectivity index (χ3v) is 4.71. The molecule has 0 aromatic heterocycles. The first-order chi connectivity index (χ1) is 10.3. The van der Waals surface area contributed by atoms with Crippen LogP contribution < -0.4 is 0 Å². The maximum atomic E-state index is 5.53. The Balaban J connectivity index is 1.33. The van der Waals surface area contributed by atoms with Gasteiger partial charge in [-0.05, 0) is 37.5 Å². The lowest BCUT2D eigenvalue weighted by molar-refractivity contribution is -0.0569. The maximum Gasteiger partial charge on any atom is 0.146 e. The van der Waals surface area contributed by atoms with Crippen LogP contribution in [-0.2, 0) is 18.9 Å². The Morgan fingerprint density at radius 1 is 0.857 bits per heavy atom. The van der Waals surface area contributed by atoms with Gasteiger partial charge in [-0.2, -0.15) is 0 Å². The SMILES string of the molecule is CCC(CCCOCOCCCC(CC)C1CO1)C1CO1. The molecule has 4 nitrogen and oxygen atoms in total. The monoisotopic (exact) mass is 300 g/mol. The molecular formula is C17H32O4. The van der Waals surface area contributed by atoms with E-state index in [0.717, 1.165) is 51.1 Å². The molecular weight excluding hydrogens is 268 g/mol. The van der Waals surface area contributed by atoms with Crippen molar-refractivity contribution in [3.63, 3.8) is 0 Å². The quantitative estimate of drug-likeness (QED) is 0.280. The fraction of sp³-hybridized carbons (Fsp3) is 1.00. The van der Waals surface area contributed by atoms with Gasteiger partial charge in [0.1, 0.15) is 6.79 Å². The average Bonchev–Trinajstić information content (AvgIpc) is 3.37. The van der Waals surface area contributed by atoms with E-state index in [4.69, 9.17) is 18.9 Å². The van der Waals surface area contributed by atoms with Gasteiger partial charge in [0, 0.05) is 13.2 Å². The van der Waals surface area contributed by atoms with Gasteiger partial charge in [-0.15, -0.1) is 0 Å². The van der Waals surface area contributed by atoms with Crippen LogP contribution >= 0.6 is 0 Å². The molecule has 4 atom stereocenters. The number of ether oxygens (including phenoxy) is 4. The largest absolute Gasteiger partial charge is 0.373 e. The van der Waals surface area contributed by atoms with Gasteiger partial charge >= 0.3 is 0 Å². The molecule has 0 spiro atoms. The van der Waals surface area contributed by atoms with Crippen molar-refractivity contribution in [1.82, 2.24) is 0 Å². The molecule has 2 rings (SSSR count). The second-order valence-corrected chi connectivity index (χ2v) is 6.30. The third-order valence-electron chi connectivity index (χ3n) is 4.71. The Labute approximate surface area is 129 Å². The van der Waals surface area contributed by atoms with Crippen LogP contribution in [-0.4, -0.2) is 45.4 Å². The van der Waals surface area contributed by atoms with Gasteiger partial charge in [0.05, 0.1) is 25.4 Å². The fourth-order valence-corrected chi connectivity index (χ4v) is 3.03. The lowest BCUT2D eigenvalue weighted by atomic mass is 9.97. The summed E-state index contributed by atoms with van der Waals surface area (Å²) in [6.45, 7) is 8.46. The molecule has 0 radical (unpaired) electrons. The smallest absolute Gasteiger partial charge is 0.146 e. The minimum atomic E-state index is 0.438. The molecule has 2 aliphatic heterocycles. The molecule has 4 heteroatoms. The van der Waals surface area contributed by atoms with E-state index in [1.807, 2.05) is 0 Å². The highest BCUT2D eigenvalue weighted by Gasteiger charge is 2.31. The highest BCUT2D eigenvalue weighted by Crippen LogP contribution is 2.27. The number of rotatable bonds is 14. The Hall–Kier alpha value is -0.160. The number of hydrogen-bond acceptors (Lipinski definition) is 4. The van der Waals surface area contributed by atoms with Crippen LogP contribution in [0.5, 0.6) is 0 Å². The zero-order chi connectivity index (χ0) is 14.9. The number of hydrogen-bond donors (Lipinski definition) is 0. The molecule has 4 unspecified atom stereocenters. The van der Waals surface area contributed by atoms with Crippen molar-refractivity contribution in [3.05, 3.63) is 0 Å². The Morgan fingerprint density at radius 2 is 1.29 bits per heavy atom. The second kappa shape index (κ2) is 9.78. The Kier molecular flexibility index (Phi) is 8.01. The predicted octanol–water partition coefficient (Wildman–Crippen LogP) is 3.39. The van der Waals surface area contributed by atoms with E-state index in [0.29, 0.717) is 19.0 Å². The van der Waals surface area contributed by atoms with Crippen molar-refractivity contribution in [1.29, 1.82) is 0 Å². The van der Waals surface area contributed by atoms with Crippen LogP contribution in [0.25, 0.3) is 0 Å². The highest BCUT2D eigenvalue weighted by molar-refractivity contribution is 4.78. The van der Waals surface area contributed by atoms with Gasteiger partial charge in [0.2, 0.25) is 0 Å². The third kappa shape index (κ3) is 7.09. The van der Waals surface area contributed by atoms with Crippen LogP contribution in [0.15, 0.2) is 0 Å². The topological polar surface area (TPSA) is 43.5 Å². The second-order valence-electron chi connectivity index (χ2n) is 6.30. The minimum Gasteiger partial charge on any atom is -0.373 e. The lowest BCUT2D eigenvalue weighted by Crippen LogP contribution is -2.10. The summed E-state index contributed by atoms with van der Waals surface area (Å²) >= 11 is 0. The minimum absolute atomic E-state index is 0.438. The maximum absolute atomic E-state index is 5.53. The summed E-state index contributed by atoms with van der Waals surface area (Å²) in [5.74, 6) is 1.45. The first kappa shape index (κ1) is 17.2. The predicted molar refractivity (Wildman–Crippen MR) is 82.3 cm³/mol. The lowest BCUT2D eigenvalue weighted by Gasteiger charge is -2.12. The summed E-state index contributed by atoms with van der Waals surface area (Å²) in [6, 6.07) is 0.